The molecule has 2 amide bonds. The zero-order valence-corrected chi connectivity index (χ0v) is 14.2. The van der Waals surface area contributed by atoms with Gasteiger partial charge in [-0.3, -0.25) is 9.59 Å². The smallest absolute Gasteiger partial charge is 0.255 e. The van der Waals surface area contributed by atoms with Crippen LogP contribution in [0.15, 0.2) is 48.5 Å². The minimum absolute atomic E-state index is 0.0291. The predicted molar refractivity (Wildman–Crippen MR) is 94.2 cm³/mol. The number of ether oxygens (including phenoxy) is 2. The van der Waals surface area contributed by atoms with Gasteiger partial charge in [0.15, 0.2) is 0 Å². The van der Waals surface area contributed by atoms with E-state index in [2.05, 4.69) is 5.32 Å². The molecule has 130 valence electrons. The number of carbonyl (C=O) groups is 2. The molecule has 1 atom stereocenters. The third kappa shape index (κ3) is 3.57. The number of methoxy groups -OCH3 is 2. The van der Waals surface area contributed by atoms with Crippen molar-refractivity contribution in [3.8, 4) is 11.5 Å². The largest absolute Gasteiger partial charge is 0.497 e. The third-order valence-electron chi connectivity index (χ3n) is 4.18. The number of benzene rings is 2. The van der Waals surface area contributed by atoms with Gasteiger partial charge in [0, 0.05) is 24.7 Å². The van der Waals surface area contributed by atoms with Gasteiger partial charge in [-0.2, -0.15) is 0 Å². The average molecular weight is 340 g/mol. The van der Waals surface area contributed by atoms with Gasteiger partial charge in [-0.25, -0.2) is 0 Å². The van der Waals surface area contributed by atoms with E-state index in [0.29, 0.717) is 23.6 Å². The number of amides is 2. The Hall–Kier alpha value is -3.02. The highest BCUT2D eigenvalue weighted by Crippen LogP contribution is 2.26. The Morgan fingerprint density at radius 1 is 1.12 bits per heavy atom. The molecule has 1 unspecified atom stereocenters. The van der Waals surface area contributed by atoms with Gasteiger partial charge < -0.3 is 19.7 Å². The first kappa shape index (κ1) is 16.8. The fraction of sp³-hybridized carbons (Fsp3) is 0.263. The topological polar surface area (TPSA) is 67.9 Å². The molecule has 25 heavy (non-hydrogen) atoms. The first-order chi connectivity index (χ1) is 12.1. The molecular formula is C19H20N2O4. The van der Waals surface area contributed by atoms with Crippen molar-refractivity contribution in [1.82, 2.24) is 5.32 Å². The summed E-state index contributed by atoms with van der Waals surface area (Å²) in [7, 11) is 3.11. The second kappa shape index (κ2) is 7.25. The third-order valence-corrected chi connectivity index (χ3v) is 4.18. The molecular weight excluding hydrogens is 320 g/mol. The van der Waals surface area contributed by atoms with Gasteiger partial charge in [-0.15, -0.1) is 0 Å². The lowest BCUT2D eigenvalue weighted by atomic mass is 10.1. The molecule has 0 aromatic heterocycles. The molecule has 0 saturated carbocycles. The van der Waals surface area contributed by atoms with Gasteiger partial charge in [0.05, 0.1) is 25.8 Å². The summed E-state index contributed by atoms with van der Waals surface area (Å²) in [5.74, 6) is 0.919. The van der Waals surface area contributed by atoms with Crippen molar-refractivity contribution in [1.29, 1.82) is 0 Å². The molecule has 1 saturated heterocycles. The molecule has 6 heteroatoms. The standard InChI is InChI=1S/C19H20N2O4/c1-24-15-7-5-6-14(11-15)21-12-13(10-18(21)22)20-19(23)16-8-3-4-9-17(16)25-2/h3-9,11,13H,10,12H2,1-2H3,(H,20,23). The summed E-state index contributed by atoms with van der Waals surface area (Å²) in [5, 5.41) is 2.92. The van der Waals surface area contributed by atoms with Crippen LogP contribution in [-0.4, -0.2) is 38.6 Å². The number of hydrogen-bond donors (Lipinski definition) is 1. The molecule has 0 aliphatic carbocycles. The Kier molecular flexibility index (Phi) is 4.88. The second-order valence-electron chi connectivity index (χ2n) is 5.78. The molecule has 2 aromatic carbocycles. The monoisotopic (exact) mass is 340 g/mol. The van der Waals surface area contributed by atoms with Crippen molar-refractivity contribution in [2.75, 3.05) is 25.7 Å². The lowest BCUT2D eigenvalue weighted by Crippen LogP contribution is -2.37. The lowest BCUT2D eigenvalue weighted by Gasteiger charge is -2.18. The van der Waals surface area contributed by atoms with Gasteiger partial charge in [0.2, 0.25) is 5.91 Å². The number of hydrogen-bond acceptors (Lipinski definition) is 4. The minimum atomic E-state index is -0.254. The summed E-state index contributed by atoms with van der Waals surface area (Å²) >= 11 is 0. The van der Waals surface area contributed by atoms with E-state index in [1.165, 1.54) is 7.11 Å². The van der Waals surface area contributed by atoms with Crippen molar-refractivity contribution in [2.24, 2.45) is 0 Å². The summed E-state index contributed by atoms with van der Waals surface area (Å²) < 4.78 is 10.4. The van der Waals surface area contributed by atoms with Crippen LogP contribution >= 0.6 is 0 Å². The van der Waals surface area contributed by atoms with E-state index in [1.54, 1.807) is 36.3 Å². The number of nitrogens with zero attached hydrogens (tertiary/aromatic N) is 1. The van der Waals surface area contributed by atoms with Crippen molar-refractivity contribution in [3.05, 3.63) is 54.1 Å². The minimum Gasteiger partial charge on any atom is -0.497 e. The van der Waals surface area contributed by atoms with Crippen LogP contribution in [0.1, 0.15) is 16.8 Å². The van der Waals surface area contributed by atoms with Crippen LogP contribution in [0.2, 0.25) is 0 Å². The fourth-order valence-electron chi connectivity index (χ4n) is 2.93. The van der Waals surface area contributed by atoms with E-state index in [-0.39, 0.29) is 24.3 Å². The van der Waals surface area contributed by atoms with Gasteiger partial charge >= 0.3 is 0 Å². The molecule has 0 radical (unpaired) electrons. The Labute approximate surface area is 146 Å². The van der Waals surface area contributed by atoms with Crippen LogP contribution in [0.25, 0.3) is 0 Å². The molecule has 1 aliphatic heterocycles. The molecule has 0 spiro atoms. The highest BCUT2D eigenvalue weighted by atomic mass is 16.5. The molecule has 1 aliphatic rings. The quantitative estimate of drug-likeness (QED) is 0.906. The molecule has 1 heterocycles. The predicted octanol–water partition coefficient (Wildman–Crippen LogP) is 2.24. The number of carbonyl (C=O) groups excluding carboxylic acids is 2. The van der Waals surface area contributed by atoms with Gasteiger partial charge in [0.1, 0.15) is 11.5 Å². The van der Waals surface area contributed by atoms with E-state index < -0.39 is 0 Å². The van der Waals surface area contributed by atoms with E-state index in [0.717, 1.165) is 5.69 Å². The second-order valence-corrected chi connectivity index (χ2v) is 5.78. The SMILES string of the molecule is COc1cccc(N2CC(NC(=O)c3ccccc3OC)CC2=O)c1. The molecule has 1 fully saturated rings. The average Bonchev–Trinajstić information content (AvgIpc) is 3.01. The Bertz CT molecular complexity index is 790. The summed E-state index contributed by atoms with van der Waals surface area (Å²) in [4.78, 5) is 26.5. The maximum Gasteiger partial charge on any atom is 0.255 e. The maximum atomic E-state index is 12.5. The zero-order valence-electron chi connectivity index (χ0n) is 14.2. The number of anilines is 1. The molecule has 6 nitrogen and oxygen atoms in total. The van der Waals surface area contributed by atoms with Crippen LogP contribution in [0.3, 0.4) is 0 Å². The number of nitrogens with one attached hydrogen (secondary N) is 1. The molecule has 0 bridgehead atoms. The van der Waals surface area contributed by atoms with Gasteiger partial charge in [-0.1, -0.05) is 18.2 Å². The van der Waals surface area contributed by atoms with Crippen LogP contribution in [0, 0.1) is 0 Å². The normalized spacial score (nSPS) is 16.6. The van der Waals surface area contributed by atoms with Crippen molar-refractivity contribution in [3.63, 3.8) is 0 Å². The van der Waals surface area contributed by atoms with E-state index in [1.807, 2.05) is 24.3 Å². The van der Waals surface area contributed by atoms with E-state index in [4.69, 9.17) is 9.47 Å². The maximum absolute atomic E-state index is 12.5. The van der Waals surface area contributed by atoms with Crippen LogP contribution in [0.4, 0.5) is 5.69 Å². The van der Waals surface area contributed by atoms with Crippen molar-refractivity contribution >= 4 is 17.5 Å². The Morgan fingerprint density at radius 3 is 2.68 bits per heavy atom. The molecule has 2 aromatic rings. The highest BCUT2D eigenvalue weighted by Gasteiger charge is 2.32. The summed E-state index contributed by atoms with van der Waals surface area (Å²) in [6, 6.07) is 14.1. The van der Waals surface area contributed by atoms with E-state index >= 15 is 0 Å². The molecule has 1 N–H and O–H groups in total. The zero-order chi connectivity index (χ0) is 17.8. The highest BCUT2D eigenvalue weighted by molar-refractivity contribution is 6.00. The van der Waals surface area contributed by atoms with Crippen LogP contribution in [0.5, 0.6) is 11.5 Å². The fourth-order valence-corrected chi connectivity index (χ4v) is 2.93. The van der Waals surface area contributed by atoms with Gasteiger partial charge in [-0.05, 0) is 24.3 Å². The first-order valence-electron chi connectivity index (χ1n) is 8.00. The van der Waals surface area contributed by atoms with Crippen LogP contribution in [-0.2, 0) is 4.79 Å². The summed E-state index contributed by atoms with van der Waals surface area (Å²) in [6.07, 6.45) is 0.262. The number of para-hydroxylation sites is 1. The summed E-state index contributed by atoms with van der Waals surface area (Å²) in [6.45, 7) is 0.424. The van der Waals surface area contributed by atoms with Crippen LogP contribution < -0.4 is 19.7 Å². The van der Waals surface area contributed by atoms with Gasteiger partial charge in [0.25, 0.3) is 5.91 Å². The van der Waals surface area contributed by atoms with Crippen molar-refractivity contribution < 1.29 is 19.1 Å². The number of rotatable bonds is 5. The van der Waals surface area contributed by atoms with Crippen molar-refractivity contribution in [2.45, 2.75) is 12.5 Å². The first-order valence-corrected chi connectivity index (χ1v) is 8.00. The lowest BCUT2D eigenvalue weighted by molar-refractivity contribution is -0.117. The Morgan fingerprint density at radius 2 is 1.92 bits per heavy atom. The van der Waals surface area contributed by atoms with E-state index in [9.17, 15) is 9.59 Å². The molecule has 3 rings (SSSR count). The Balaban J connectivity index is 1.71. The summed E-state index contributed by atoms with van der Waals surface area (Å²) in [5.41, 5.74) is 1.22.